The van der Waals surface area contributed by atoms with Crippen LogP contribution >= 0.6 is 0 Å². The summed E-state index contributed by atoms with van der Waals surface area (Å²) in [6.45, 7) is 1.54. The first-order chi connectivity index (χ1) is 16.8. The molecule has 0 saturated carbocycles. The van der Waals surface area contributed by atoms with Crippen LogP contribution in [0, 0.1) is 17.0 Å². The number of benzene rings is 4. The molecular weight excluding hydrogens is 450 g/mol. The summed E-state index contributed by atoms with van der Waals surface area (Å²) in [5.41, 5.74) is 3.43. The van der Waals surface area contributed by atoms with Gasteiger partial charge in [-0.05, 0) is 59.7 Å². The summed E-state index contributed by atoms with van der Waals surface area (Å²) in [4.78, 5) is 35.3. The fourth-order valence-corrected chi connectivity index (χ4v) is 3.45. The molecule has 0 saturated heterocycles. The molecule has 0 aromatic heterocycles. The number of rotatable bonds is 6. The van der Waals surface area contributed by atoms with Crippen LogP contribution in [-0.4, -0.2) is 28.1 Å². The first-order valence-electron chi connectivity index (χ1n) is 10.4. The van der Waals surface area contributed by atoms with Crippen molar-refractivity contribution < 1.29 is 24.4 Å². The van der Waals surface area contributed by atoms with E-state index in [1.54, 1.807) is 30.3 Å². The van der Waals surface area contributed by atoms with E-state index in [1.165, 1.54) is 37.4 Å². The van der Waals surface area contributed by atoms with Gasteiger partial charge in [-0.15, -0.1) is 0 Å². The second-order valence-corrected chi connectivity index (χ2v) is 7.64. The third kappa shape index (κ3) is 5.31. The first kappa shape index (κ1) is 23.1. The summed E-state index contributed by atoms with van der Waals surface area (Å²) in [5.74, 6) is -1.18. The monoisotopic (exact) mass is 469 g/mol. The van der Waals surface area contributed by atoms with Gasteiger partial charge in [-0.1, -0.05) is 36.4 Å². The number of fused-ring (bicyclic) bond motifs is 1. The van der Waals surface area contributed by atoms with Crippen molar-refractivity contribution in [2.75, 3.05) is 0 Å². The van der Waals surface area contributed by atoms with E-state index in [-0.39, 0.29) is 28.3 Å². The van der Waals surface area contributed by atoms with Gasteiger partial charge in [-0.25, -0.2) is 10.2 Å². The maximum Gasteiger partial charge on any atom is 0.343 e. The SMILES string of the molecule is Cc1cc(C(=O)Oc2cccc(C=NNC(=O)c3cc4ccccc4cc3O)c2)ccc1[N+](=O)[O-]. The van der Waals surface area contributed by atoms with Crippen LogP contribution in [0.5, 0.6) is 11.5 Å². The quantitative estimate of drug-likeness (QED) is 0.138. The first-order valence-corrected chi connectivity index (χ1v) is 10.4. The Morgan fingerprint density at radius 2 is 1.74 bits per heavy atom. The predicted octanol–water partition coefficient (Wildman–Crippen LogP) is 4.75. The van der Waals surface area contributed by atoms with E-state index >= 15 is 0 Å². The minimum Gasteiger partial charge on any atom is -0.507 e. The number of aryl methyl sites for hydroxylation is 1. The van der Waals surface area contributed by atoms with Gasteiger partial charge < -0.3 is 9.84 Å². The Kier molecular flexibility index (Phi) is 6.50. The number of nitro benzene ring substituents is 1. The molecule has 0 radical (unpaired) electrons. The van der Waals surface area contributed by atoms with Gasteiger partial charge in [0.25, 0.3) is 11.6 Å². The molecule has 0 aliphatic heterocycles. The van der Waals surface area contributed by atoms with Crippen molar-refractivity contribution in [2.24, 2.45) is 5.10 Å². The van der Waals surface area contributed by atoms with E-state index in [0.29, 0.717) is 11.1 Å². The van der Waals surface area contributed by atoms with Gasteiger partial charge in [0.1, 0.15) is 11.5 Å². The number of esters is 1. The number of nitro groups is 1. The Balaban J connectivity index is 1.43. The number of hydrogen-bond acceptors (Lipinski definition) is 7. The number of amides is 1. The summed E-state index contributed by atoms with van der Waals surface area (Å²) in [7, 11) is 0. The summed E-state index contributed by atoms with van der Waals surface area (Å²) < 4.78 is 5.36. The number of carbonyl (C=O) groups excluding carboxylic acids is 2. The number of aromatic hydroxyl groups is 1. The van der Waals surface area contributed by atoms with Gasteiger partial charge in [0, 0.05) is 11.6 Å². The van der Waals surface area contributed by atoms with Gasteiger partial charge in [0.15, 0.2) is 0 Å². The second kappa shape index (κ2) is 9.84. The number of hydrazone groups is 1. The molecule has 174 valence electrons. The van der Waals surface area contributed by atoms with E-state index in [2.05, 4.69) is 10.5 Å². The number of ether oxygens (including phenoxy) is 1. The van der Waals surface area contributed by atoms with Gasteiger partial charge in [-0.3, -0.25) is 14.9 Å². The van der Waals surface area contributed by atoms with Crippen LogP contribution in [0.2, 0.25) is 0 Å². The van der Waals surface area contributed by atoms with Gasteiger partial charge >= 0.3 is 5.97 Å². The summed E-state index contributed by atoms with van der Waals surface area (Å²) >= 11 is 0. The second-order valence-electron chi connectivity index (χ2n) is 7.64. The van der Waals surface area contributed by atoms with Crippen LogP contribution in [-0.2, 0) is 0 Å². The molecule has 4 aromatic carbocycles. The number of phenolic OH excluding ortho intramolecular Hbond substituents is 1. The highest BCUT2D eigenvalue weighted by Crippen LogP contribution is 2.25. The molecule has 0 unspecified atom stereocenters. The third-order valence-electron chi connectivity index (χ3n) is 5.19. The maximum absolute atomic E-state index is 12.5. The van der Waals surface area contributed by atoms with Crippen LogP contribution < -0.4 is 10.2 Å². The standard InChI is InChI=1S/C26H19N3O6/c1-16-11-20(9-10-23(16)29(33)34)26(32)35-21-8-4-5-17(12-21)15-27-28-25(31)22-13-18-6-2-3-7-19(18)14-24(22)30/h2-15,30H,1H3,(H,28,31). The summed E-state index contributed by atoms with van der Waals surface area (Å²) in [6, 6.07) is 20.8. The van der Waals surface area contributed by atoms with Crippen molar-refractivity contribution in [3.63, 3.8) is 0 Å². The highest BCUT2D eigenvalue weighted by molar-refractivity contribution is 6.01. The zero-order valence-electron chi connectivity index (χ0n) is 18.5. The Hall–Kier alpha value is -5.05. The van der Waals surface area contributed by atoms with Crippen LogP contribution in [0.1, 0.15) is 31.8 Å². The fraction of sp³-hybridized carbons (Fsp3) is 0.0385. The third-order valence-corrected chi connectivity index (χ3v) is 5.19. The molecule has 0 atom stereocenters. The molecule has 0 aliphatic rings. The van der Waals surface area contributed by atoms with E-state index in [1.807, 2.05) is 24.3 Å². The molecule has 4 rings (SSSR count). The lowest BCUT2D eigenvalue weighted by Gasteiger charge is -2.07. The smallest absolute Gasteiger partial charge is 0.343 e. The summed E-state index contributed by atoms with van der Waals surface area (Å²) in [5, 5.41) is 26.6. The molecule has 0 spiro atoms. The minimum atomic E-state index is -0.669. The van der Waals surface area contributed by atoms with E-state index in [0.717, 1.165) is 10.8 Å². The lowest BCUT2D eigenvalue weighted by molar-refractivity contribution is -0.385. The van der Waals surface area contributed by atoms with Crippen molar-refractivity contribution in [3.8, 4) is 11.5 Å². The van der Waals surface area contributed by atoms with Crippen LogP contribution in [0.3, 0.4) is 0 Å². The summed E-state index contributed by atoms with van der Waals surface area (Å²) in [6.07, 6.45) is 1.36. The predicted molar refractivity (Wildman–Crippen MR) is 130 cm³/mol. The number of nitrogens with zero attached hydrogens (tertiary/aromatic N) is 2. The average Bonchev–Trinajstić information content (AvgIpc) is 2.83. The maximum atomic E-state index is 12.5. The van der Waals surface area contributed by atoms with Crippen LogP contribution in [0.25, 0.3) is 10.8 Å². The number of carbonyl (C=O) groups is 2. The van der Waals surface area contributed by atoms with Crippen LogP contribution in [0.15, 0.2) is 84.0 Å². The lowest BCUT2D eigenvalue weighted by Crippen LogP contribution is -2.17. The average molecular weight is 469 g/mol. The number of hydrogen-bond donors (Lipinski definition) is 2. The molecule has 9 nitrogen and oxygen atoms in total. The fourth-order valence-electron chi connectivity index (χ4n) is 3.45. The highest BCUT2D eigenvalue weighted by Gasteiger charge is 2.15. The van der Waals surface area contributed by atoms with Crippen molar-refractivity contribution in [3.05, 3.63) is 111 Å². The van der Waals surface area contributed by atoms with Gasteiger partial charge in [-0.2, -0.15) is 5.10 Å². The van der Waals surface area contributed by atoms with Crippen molar-refractivity contribution in [1.82, 2.24) is 5.43 Å². The molecular formula is C26H19N3O6. The Morgan fingerprint density at radius 1 is 1.00 bits per heavy atom. The molecule has 1 amide bonds. The largest absolute Gasteiger partial charge is 0.507 e. The lowest BCUT2D eigenvalue weighted by atomic mass is 10.1. The van der Waals surface area contributed by atoms with E-state index in [9.17, 15) is 24.8 Å². The van der Waals surface area contributed by atoms with Gasteiger partial charge in [0.2, 0.25) is 0 Å². The zero-order valence-corrected chi connectivity index (χ0v) is 18.5. The topological polar surface area (TPSA) is 131 Å². The van der Waals surface area contributed by atoms with Crippen molar-refractivity contribution in [2.45, 2.75) is 6.92 Å². The molecule has 0 heterocycles. The molecule has 0 aliphatic carbocycles. The van der Waals surface area contributed by atoms with E-state index in [4.69, 9.17) is 4.74 Å². The van der Waals surface area contributed by atoms with E-state index < -0.39 is 16.8 Å². The van der Waals surface area contributed by atoms with Gasteiger partial charge in [0.05, 0.1) is 22.3 Å². The minimum absolute atomic E-state index is 0.0844. The molecule has 2 N–H and O–H groups in total. The molecule has 0 fully saturated rings. The van der Waals surface area contributed by atoms with Crippen LogP contribution in [0.4, 0.5) is 5.69 Å². The molecule has 35 heavy (non-hydrogen) atoms. The normalized spacial score (nSPS) is 10.9. The molecule has 4 aromatic rings. The van der Waals surface area contributed by atoms with Crippen molar-refractivity contribution in [1.29, 1.82) is 0 Å². The molecule has 9 heteroatoms. The Bertz CT molecular complexity index is 1500. The highest BCUT2D eigenvalue weighted by atomic mass is 16.6. The van der Waals surface area contributed by atoms with Crippen molar-refractivity contribution >= 4 is 34.6 Å². The Morgan fingerprint density at radius 3 is 2.46 bits per heavy atom. The number of phenols is 1. The number of nitrogens with one attached hydrogen (secondary N) is 1. The molecule has 0 bridgehead atoms. The Labute approximate surface area is 199 Å². The zero-order chi connectivity index (χ0) is 24.9.